The maximum Gasteiger partial charge on any atom is 0.227 e. The number of carbonyl (C=O) groups is 1. The molecule has 0 radical (unpaired) electrons. The minimum Gasteiger partial charge on any atom is -0.395 e. The number of hydrogen-bond donors (Lipinski definition) is 3. The average molecular weight is 252 g/mol. The fraction of sp³-hybridized carbons (Fsp3) is 0.462. The number of rotatable bonds is 7. The molecule has 0 atom stereocenters. The number of benzene rings is 1. The molecule has 1 rings (SSSR count). The minimum absolute atomic E-state index is 0.0985. The Labute approximate surface area is 107 Å². The third-order valence-electron chi connectivity index (χ3n) is 2.71. The molecule has 1 amide bonds. The van der Waals surface area contributed by atoms with Crippen LogP contribution in [0.4, 0.5) is 0 Å². The summed E-state index contributed by atoms with van der Waals surface area (Å²) in [5.74, 6) is -0.0985. The molecule has 0 aliphatic rings. The van der Waals surface area contributed by atoms with Crippen LogP contribution in [-0.4, -0.2) is 47.3 Å². The Balaban J connectivity index is 2.60. The van der Waals surface area contributed by atoms with E-state index in [2.05, 4.69) is 0 Å². The highest BCUT2D eigenvalue weighted by molar-refractivity contribution is 5.78. The Bertz CT molecular complexity index is 359. The second kappa shape index (κ2) is 7.81. The quantitative estimate of drug-likeness (QED) is 0.610. The molecule has 0 bridgehead atoms. The number of aliphatic hydroxyl groups excluding tert-OH is 2. The first-order valence-corrected chi connectivity index (χ1v) is 5.98. The van der Waals surface area contributed by atoms with Crippen molar-refractivity contribution >= 4 is 5.91 Å². The molecular formula is C13H20N2O3. The van der Waals surface area contributed by atoms with E-state index in [-0.39, 0.29) is 38.6 Å². The molecule has 0 unspecified atom stereocenters. The van der Waals surface area contributed by atoms with Crippen LogP contribution in [0.25, 0.3) is 0 Å². The molecule has 0 saturated heterocycles. The van der Waals surface area contributed by atoms with Gasteiger partial charge in [-0.2, -0.15) is 0 Å². The molecule has 5 heteroatoms. The molecule has 0 aliphatic carbocycles. The Kier molecular flexibility index (Phi) is 6.35. The number of carbonyl (C=O) groups excluding carboxylic acids is 1. The van der Waals surface area contributed by atoms with E-state index in [1.165, 1.54) is 4.90 Å². The average Bonchev–Trinajstić information content (AvgIpc) is 2.39. The van der Waals surface area contributed by atoms with Crippen molar-refractivity contribution in [2.45, 2.75) is 13.0 Å². The number of nitrogens with zero attached hydrogens (tertiary/aromatic N) is 1. The van der Waals surface area contributed by atoms with Crippen LogP contribution in [0.15, 0.2) is 24.3 Å². The third kappa shape index (κ3) is 4.44. The summed E-state index contributed by atoms with van der Waals surface area (Å²) in [5, 5.41) is 17.7. The van der Waals surface area contributed by atoms with E-state index in [1.54, 1.807) is 0 Å². The number of aliphatic hydroxyl groups is 2. The van der Waals surface area contributed by atoms with E-state index in [0.717, 1.165) is 11.1 Å². The maximum absolute atomic E-state index is 11.9. The van der Waals surface area contributed by atoms with E-state index in [9.17, 15) is 4.79 Å². The molecule has 1 aromatic rings. The van der Waals surface area contributed by atoms with Crippen LogP contribution in [-0.2, 0) is 17.8 Å². The van der Waals surface area contributed by atoms with E-state index in [0.29, 0.717) is 6.54 Å². The molecule has 0 heterocycles. The van der Waals surface area contributed by atoms with E-state index < -0.39 is 0 Å². The van der Waals surface area contributed by atoms with Crippen LogP contribution < -0.4 is 5.73 Å². The molecule has 0 fully saturated rings. The lowest BCUT2D eigenvalue weighted by molar-refractivity contribution is -0.131. The van der Waals surface area contributed by atoms with Gasteiger partial charge >= 0.3 is 0 Å². The zero-order valence-electron chi connectivity index (χ0n) is 10.4. The molecule has 1 aromatic carbocycles. The first-order valence-electron chi connectivity index (χ1n) is 5.98. The monoisotopic (exact) mass is 252 g/mol. The Morgan fingerprint density at radius 2 is 1.56 bits per heavy atom. The van der Waals surface area contributed by atoms with Gasteiger partial charge in [0.2, 0.25) is 5.91 Å². The van der Waals surface area contributed by atoms with Gasteiger partial charge in [0.15, 0.2) is 0 Å². The van der Waals surface area contributed by atoms with Gasteiger partial charge in [0.1, 0.15) is 0 Å². The highest BCUT2D eigenvalue weighted by Crippen LogP contribution is 2.06. The van der Waals surface area contributed by atoms with Gasteiger partial charge in [0.05, 0.1) is 19.6 Å². The predicted molar refractivity (Wildman–Crippen MR) is 68.8 cm³/mol. The fourth-order valence-corrected chi connectivity index (χ4v) is 1.68. The highest BCUT2D eigenvalue weighted by atomic mass is 16.3. The van der Waals surface area contributed by atoms with E-state index in [4.69, 9.17) is 15.9 Å². The van der Waals surface area contributed by atoms with Crippen LogP contribution in [0.2, 0.25) is 0 Å². The summed E-state index contributed by atoms with van der Waals surface area (Å²) in [6.07, 6.45) is 0.269. The molecule has 0 saturated carbocycles. The Morgan fingerprint density at radius 1 is 1.06 bits per heavy atom. The lowest BCUT2D eigenvalue weighted by atomic mass is 10.1. The first kappa shape index (κ1) is 14.6. The summed E-state index contributed by atoms with van der Waals surface area (Å²) < 4.78 is 0. The number of hydrogen-bond acceptors (Lipinski definition) is 4. The smallest absolute Gasteiger partial charge is 0.227 e. The van der Waals surface area contributed by atoms with Crippen molar-refractivity contribution in [1.82, 2.24) is 4.90 Å². The molecule has 4 N–H and O–H groups in total. The SMILES string of the molecule is NCc1ccc(CC(=O)N(CCO)CCO)cc1. The van der Waals surface area contributed by atoms with Gasteiger partial charge in [-0.25, -0.2) is 0 Å². The van der Waals surface area contributed by atoms with Gasteiger partial charge in [0.25, 0.3) is 0 Å². The minimum atomic E-state index is -0.0994. The molecular weight excluding hydrogens is 232 g/mol. The zero-order chi connectivity index (χ0) is 13.4. The first-order chi connectivity index (χ1) is 8.71. The summed E-state index contributed by atoms with van der Waals surface area (Å²) in [6, 6.07) is 7.53. The molecule has 100 valence electrons. The van der Waals surface area contributed by atoms with Crippen molar-refractivity contribution in [1.29, 1.82) is 0 Å². The van der Waals surface area contributed by atoms with Gasteiger partial charge < -0.3 is 20.8 Å². The van der Waals surface area contributed by atoms with Crippen LogP contribution in [0, 0.1) is 0 Å². The third-order valence-corrected chi connectivity index (χ3v) is 2.71. The van der Waals surface area contributed by atoms with Crippen molar-refractivity contribution in [2.24, 2.45) is 5.73 Å². The molecule has 0 spiro atoms. The van der Waals surface area contributed by atoms with E-state index in [1.807, 2.05) is 24.3 Å². The van der Waals surface area contributed by atoms with Gasteiger partial charge in [-0.05, 0) is 11.1 Å². The summed E-state index contributed by atoms with van der Waals surface area (Å²) in [6.45, 7) is 0.783. The van der Waals surface area contributed by atoms with Crippen LogP contribution in [0.1, 0.15) is 11.1 Å². The van der Waals surface area contributed by atoms with Crippen molar-refractivity contribution in [2.75, 3.05) is 26.3 Å². The van der Waals surface area contributed by atoms with Crippen molar-refractivity contribution in [3.05, 3.63) is 35.4 Å². The Hall–Kier alpha value is -1.43. The van der Waals surface area contributed by atoms with Crippen molar-refractivity contribution in [3.8, 4) is 0 Å². The number of amides is 1. The molecule has 0 aliphatic heterocycles. The topological polar surface area (TPSA) is 86.8 Å². The summed E-state index contributed by atoms with van der Waals surface area (Å²) in [7, 11) is 0. The van der Waals surface area contributed by atoms with Crippen molar-refractivity contribution in [3.63, 3.8) is 0 Å². The van der Waals surface area contributed by atoms with Crippen LogP contribution in [0.3, 0.4) is 0 Å². The number of nitrogens with two attached hydrogens (primary N) is 1. The predicted octanol–water partition coefficient (Wildman–Crippen LogP) is -0.499. The van der Waals surface area contributed by atoms with Gasteiger partial charge in [-0.1, -0.05) is 24.3 Å². The van der Waals surface area contributed by atoms with Crippen molar-refractivity contribution < 1.29 is 15.0 Å². The summed E-state index contributed by atoms with van der Waals surface area (Å²) >= 11 is 0. The highest BCUT2D eigenvalue weighted by Gasteiger charge is 2.12. The maximum atomic E-state index is 11.9. The fourth-order valence-electron chi connectivity index (χ4n) is 1.68. The zero-order valence-corrected chi connectivity index (χ0v) is 10.4. The second-order valence-electron chi connectivity index (χ2n) is 4.03. The van der Waals surface area contributed by atoms with Gasteiger partial charge in [-0.15, -0.1) is 0 Å². The summed E-state index contributed by atoms with van der Waals surface area (Å²) in [5.41, 5.74) is 7.42. The summed E-state index contributed by atoms with van der Waals surface area (Å²) in [4.78, 5) is 13.4. The van der Waals surface area contributed by atoms with Gasteiger partial charge in [-0.3, -0.25) is 4.79 Å². The standard InChI is InChI=1S/C13H20N2O3/c14-10-12-3-1-11(2-4-12)9-13(18)15(5-7-16)6-8-17/h1-4,16-17H,5-10,14H2. The molecule has 5 nitrogen and oxygen atoms in total. The van der Waals surface area contributed by atoms with Crippen LogP contribution >= 0.6 is 0 Å². The molecule has 18 heavy (non-hydrogen) atoms. The lowest BCUT2D eigenvalue weighted by Gasteiger charge is -2.20. The lowest BCUT2D eigenvalue weighted by Crippen LogP contribution is -2.36. The largest absolute Gasteiger partial charge is 0.395 e. The van der Waals surface area contributed by atoms with Gasteiger partial charge in [0, 0.05) is 19.6 Å². The Morgan fingerprint density at radius 3 is 2.00 bits per heavy atom. The second-order valence-corrected chi connectivity index (χ2v) is 4.03. The normalized spacial score (nSPS) is 10.4. The van der Waals surface area contributed by atoms with Crippen LogP contribution in [0.5, 0.6) is 0 Å². The van der Waals surface area contributed by atoms with E-state index >= 15 is 0 Å². The molecule has 0 aromatic heterocycles.